The van der Waals surface area contributed by atoms with Crippen LogP contribution >= 0.6 is 0 Å². The van der Waals surface area contributed by atoms with E-state index in [9.17, 15) is 14.7 Å². The van der Waals surface area contributed by atoms with Gasteiger partial charge in [0.05, 0.1) is 18.9 Å². The molecule has 2 aliphatic heterocycles. The van der Waals surface area contributed by atoms with Crippen LogP contribution in [0.4, 0.5) is 4.79 Å². The van der Waals surface area contributed by atoms with Crippen LogP contribution in [0.2, 0.25) is 0 Å². The molecule has 2 aromatic rings. The molecule has 2 saturated heterocycles. The Hall–Kier alpha value is -2.94. The molecular weight excluding hydrogens is 410 g/mol. The second kappa shape index (κ2) is 9.68. The normalized spacial score (nSPS) is 22.0. The van der Waals surface area contributed by atoms with Crippen LogP contribution in [0.5, 0.6) is 0 Å². The van der Waals surface area contributed by atoms with Crippen LogP contribution in [0.15, 0.2) is 60.7 Å². The molecule has 2 amide bonds. The Morgan fingerprint density at radius 2 is 1.72 bits per heavy atom. The van der Waals surface area contributed by atoms with Gasteiger partial charge in [0, 0.05) is 25.8 Å². The van der Waals surface area contributed by atoms with Crippen molar-refractivity contribution in [3.63, 3.8) is 0 Å². The van der Waals surface area contributed by atoms with Crippen molar-refractivity contribution in [3.8, 4) is 0 Å². The first-order valence-electron chi connectivity index (χ1n) is 10.9. The molecule has 2 heterocycles. The highest BCUT2D eigenvalue weighted by Gasteiger charge is 2.54. The van der Waals surface area contributed by atoms with Gasteiger partial charge in [0.1, 0.15) is 18.2 Å². The maximum absolute atomic E-state index is 13.6. The molecule has 0 radical (unpaired) electrons. The van der Waals surface area contributed by atoms with E-state index in [1.54, 1.807) is 4.90 Å². The maximum Gasteiger partial charge on any atom is 0.404 e. The molecule has 170 valence electrons. The van der Waals surface area contributed by atoms with Crippen LogP contribution in [0, 0.1) is 0 Å². The van der Waals surface area contributed by atoms with Crippen molar-refractivity contribution >= 4 is 12.0 Å². The Kier molecular flexibility index (Phi) is 6.74. The van der Waals surface area contributed by atoms with E-state index in [0.717, 1.165) is 11.1 Å². The first-order valence-corrected chi connectivity index (χ1v) is 10.9. The number of hydrogen-bond acceptors (Lipinski definition) is 6. The zero-order valence-electron chi connectivity index (χ0n) is 17.9. The van der Waals surface area contributed by atoms with E-state index in [2.05, 4.69) is 5.32 Å². The molecule has 4 rings (SSSR count). The third-order valence-corrected chi connectivity index (χ3v) is 6.25. The lowest BCUT2D eigenvalue weighted by molar-refractivity contribution is -0.138. The minimum atomic E-state index is -1.27. The lowest BCUT2D eigenvalue weighted by Gasteiger charge is -2.41. The average Bonchev–Trinajstić information content (AvgIpc) is 3.06. The minimum Gasteiger partial charge on any atom is -0.443 e. The number of aliphatic hydroxyl groups excluding tert-OH is 1. The van der Waals surface area contributed by atoms with E-state index < -0.39 is 30.0 Å². The molecule has 8 heteroatoms. The molecule has 2 fully saturated rings. The summed E-state index contributed by atoms with van der Waals surface area (Å²) in [5, 5.41) is 14.6. The van der Waals surface area contributed by atoms with Gasteiger partial charge < -0.3 is 25.2 Å². The Labute approximate surface area is 187 Å². The molecule has 3 atom stereocenters. The third kappa shape index (κ3) is 4.77. The fourth-order valence-corrected chi connectivity index (χ4v) is 4.60. The van der Waals surface area contributed by atoms with Gasteiger partial charge in [-0.15, -0.1) is 0 Å². The van der Waals surface area contributed by atoms with E-state index in [1.165, 1.54) is 0 Å². The number of carbonyl (C=O) groups excluding carboxylic acids is 2. The van der Waals surface area contributed by atoms with Crippen LogP contribution in [0.25, 0.3) is 0 Å². The van der Waals surface area contributed by atoms with Gasteiger partial charge in [-0.1, -0.05) is 60.7 Å². The van der Waals surface area contributed by atoms with Gasteiger partial charge in [-0.3, -0.25) is 10.1 Å². The molecule has 1 spiro atoms. The van der Waals surface area contributed by atoms with E-state index in [0.29, 0.717) is 32.6 Å². The Bertz CT molecular complexity index is 918. The van der Waals surface area contributed by atoms with E-state index in [-0.39, 0.29) is 12.3 Å². The van der Waals surface area contributed by atoms with E-state index in [4.69, 9.17) is 15.2 Å². The van der Waals surface area contributed by atoms with Crippen molar-refractivity contribution in [3.05, 3.63) is 71.8 Å². The van der Waals surface area contributed by atoms with Gasteiger partial charge in [0.25, 0.3) is 0 Å². The summed E-state index contributed by atoms with van der Waals surface area (Å²) >= 11 is 0. The van der Waals surface area contributed by atoms with Crippen molar-refractivity contribution in [1.29, 1.82) is 0 Å². The van der Waals surface area contributed by atoms with Crippen molar-refractivity contribution < 1.29 is 24.2 Å². The molecule has 0 aliphatic carbocycles. The molecule has 0 bridgehead atoms. The van der Waals surface area contributed by atoms with Crippen LogP contribution in [0.3, 0.4) is 0 Å². The summed E-state index contributed by atoms with van der Waals surface area (Å²) in [7, 11) is 0. The topological polar surface area (TPSA) is 114 Å². The lowest BCUT2D eigenvalue weighted by atomic mass is 9.97. The van der Waals surface area contributed by atoms with Crippen molar-refractivity contribution in [2.24, 2.45) is 5.73 Å². The minimum absolute atomic E-state index is 0.227. The molecule has 8 nitrogen and oxygen atoms in total. The summed E-state index contributed by atoms with van der Waals surface area (Å²) < 4.78 is 10.8. The zero-order chi connectivity index (χ0) is 22.6. The summed E-state index contributed by atoms with van der Waals surface area (Å²) in [6.45, 7) is 1.44. The largest absolute Gasteiger partial charge is 0.443 e. The zero-order valence-corrected chi connectivity index (χ0v) is 17.9. The predicted octanol–water partition coefficient (Wildman–Crippen LogP) is 1.56. The molecule has 2 aromatic carbocycles. The van der Waals surface area contributed by atoms with Gasteiger partial charge in [-0.2, -0.15) is 0 Å². The number of benzene rings is 2. The summed E-state index contributed by atoms with van der Waals surface area (Å²) in [6, 6.07) is 18.2. The van der Waals surface area contributed by atoms with Gasteiger partial charge in [0.15, 0.2) is 0 Å². The number of nitrogens with two attached hydrogens (primary N) is 1. The molecule has 0 aromatic heterocycles. The van der Waals surface area contributed by atoms with Crippen LogP contribution in [-0.2, 0) is 27.2 Å². The second-order valence-corrected chi connectivity index (χ2v) is 8.33. The summed E-state index contributed by atoms with van der Waals surface area (Å²) in [4.78, 5) is 26.9. The standard InChI is InChI=1S/C24H29N3O5/c25-23(30)32-19(15-17-7-3-1-4-8-17)21(28)20-22(29)27(16-18-9-5-2-6-10-18)24(26-20)11-13-31-14-12-24/h1-10,19-21,26,28H,11-16H2,(H2,25,30)/t19-,20-,21+/m0/s1. The molecular formula is C24H29N3O5. The molecule has 4 N–H and O–H groups in total. The van der Waals surface area contributed by atoms with Gasteiger partial charge in [-0.25, -0.2) is 4.79 Å². The number of hydrogen-bond donors (Lipinski definition) is 3. The van der Waals surface area contributed by atoms with Crippen LogP contribution < -0.4 is 11.1 Å². The Morgan fingerprint density at radius 1 is 1.12 bits per heavy atom. The number of nitrogens with zero attached hydrogens (tertiary/aromatic N) is 1. The molecule has 0 unspecified atom stereocenters. The number of carbonyl (C=O) groups is 2. The molecule has 32 heavy (non-hydrogen) atoms. The fraction of sp³-hybridized carbons (Fsp3) is 0.417. The highest BCUT2D eigenvalue weighted by atomic mass is 16.6. The van der Waals surface area contributed by atoms with E-state index >= 15 is 0 Å². The fourth-order valence-electron chi connectivity index (χ4n) is 4.60. The van der Waals surface area contributed by atoms with Gasteiger partial charge >= 0.3 is 6.09 Å². The Balaban J connectivity index is 1.59. The van der Waals surface area contributed by atoms with Crippen molar-refractivity contribution in [1.82, 2.24) is 10.2 Å². The number of nitrogens with one attached hydrogen (secondary N) is 1. The summed E-state index contributed by atoms with van der Waals surface area (Å²) in [6.07, 6.45) is -1.77. The van der Waals surface area contributed by atoms with Crippen LogP contribution in [-0.4, -0.2) is 59.1 Å². The quantitative estimate of drug-likeness (QED) is 0.603. The third-order valence-electron chi connectivity index (χ3n) is 6.25. The lowest BCUT2D eigenvalue weighted by Crippen LogP contribution is -2.57. The monoisotopic (exact) mass is 439 g/mol. The Morgan fingerprint density at radius 3 is 2.31 bits per heavy atom. The summed E-state index contributed by atoms with van der Waals surface area (Å²) in [5.74, 6) is -0.227. The first-order chi connectivity index (χ1) is 15.5. The molecule has 0 saturated carbocycles. The smallest absolute Gasteiger partial charge is 0.404 e. The SMILES string of the molecule is NC(=O)O[C@@H](Cc1ccccc1)[C@@H](O)[C@@H]1NC2(CCOCC2)N(Cc2ccccc2)C1=O. The van der Waals surface area contributed by atoms with Crippen molar-refractivity contribution in [2.45, 2.75) is 49.7 Å². The maximum atomic E-state index is 13.6. The number of primary amides is 1. The van der Waals surface area contributed by atoms with Crippen molar-refractivity contribution in [2.75, 3.05) is 13.2 Å². The number of rotatable bonds is 7. The molecule has 2 aliphatic rings. The first kappa shape index (κ1) is 22.3. The predicted molar refractivity (Wildman–Crippen MR) is 117 cm³/mol. The highest BCUT2D eigenvalue weighted by Crippen LogP contribution is 2.34. The second-order valence-electron chi connectivity index (χ2n) is 8.33. The number of ether oxygens (including phenoxy) is 2. The number of amides is 2. The van der Waals surface area contributed by atoms with Gasteiger partial charge in [-0.05, 0) is 11.1 Å². The number of aliphatic hydroxyl groups is 1. The highest BCUT2D eigenvalue weighted by molar-refractivity contribution is 5.86. The average molecular weight is 440 g/mol. The van der Waals surface area contributed by atoms with Crippen LogP contribution in [0.1, 0.15) is 24.0 Å². The summed E-state index contributed by atoms with van der Waals surface area (Å²) in [5.41, 5.74) is 6.52. The van der Waals surface area contributed by atoms with E-state index in [1.807, 2.05) is 60.7 Å². The van der Waals surface area contributed by atoms with Gasteiger partial charge in [0.2, 0.25) is 5.91 Å².